The summed E-state index contributed by atoms with van der Waals surface area (Å²) in [5.41, 5.74) is 2.02. The summed E-state index contributed by atoms with van der Waals surface area (Å²) in [6.45, 7) is 3.60. The fourth-order valence-corrected chi connectivity index (χ4v) is 4.73. The first kappa shape index (κ1) is 21.4. The van der Waals surface area contributed by atoms with Gasteiger partial charge in [-0.25, -0.2) is 9.79 Å². The van der Waals surface area contributed by atoms with Crippen molar-refractivity contribution in [2.45, 2.75) is 19.9 Å². The third-order valence-corrected chi connectivity index (χ3v) is 6.21. The van der Waals surface area contributed by atoms with Crippen molar-refractivity contribution >= 4 is 29.1 Å². The molecule has 0 saturated carbocycles. The zero-order valence-corrected chi connectivity index (χ0v) is 18.4. The fraction of sp³-hybridized carbons (Fsp3) is 0.174. The van der Waals surface area contributed by atoms with E-state index in [-0.39, 0.29) is 22.4 Å². The van der Waals surface area contributed by atoms with Gasteiger partial charge in [0.25, 0.3) is 11.2 Å². The number of thiazole rings is 1. The van der Waals surface area contributed by atoms with Crippen molar-refractivity contribution in [1.29, 1.82) is 0 Å². The van der Waals surface area contributed by atoms with Gasteiger partial charge in [0.05, 0.1) is 33.4 Å². The maximum atomic E-state index is 13.5. The van der Waals surface area contributed by atoms with Crippen LogP contribution in [0.2, 0.25) is 0 Å². The van der Waals surface area contributed by atoms with Crippen LogP contribution < -0.4 is 14.9 Å². The maximum absolute atomic E-state index is 13.5. The van der Waals surface area contributed by atoms with Crippen molar-refractivity contribution in [2.75, 3.05) is 7.11 Å². The van der Waals surface area contributed by atoms with E-state index in [2.05, 4.69) is 4.99 Å². The molecule has 2 heterocycles. The first-order chi connectivity index (χ1) is 15.3. The molecule has 32 heavy (non-hydrogen) atoms. The van der Waals surface area contributed by atoms with Gasteiger partial charge in [-0.15, -0.1) is 0 Å². The van der Waals surface area contributed by atoms with Gasteiger partial charge in [-0.3, -0.25) is 19.5 Å². The molecule has 0 spiro atoms. The van der Waals surface area contributed by atoms with Crippen LogP contribution in [0.4, 0.5) is 5.69 Å². The Morgan fingerprint density at radius 1 is 1.19 bits per heavy atom. The van der Waals surface area contributed by atoms with E-state index in [1.807, 2.05) is 31.2 Å². The number of benzene rings is 2. The Bertz CT molecular complexity index is 1450. The summed E-state index contributed by atoms with van der Waals surface area (Å²) in [5, 5.41) is 11.7. The molecule has 0 saturated heterocycles. The van der Waals surface area contributed by atoms with Gasteiger partial charge in [-0.1, -0.05) is 53.3 Å². The van der Waals surface area contributed by atoms with Gasteiger partial charge in [0.2, 0.25) is 0 Å². The second-order valence-electron chi connectivity index (χ2n) is 7.30. The van der Waals surface area contributed by atoms with Crippen LogP contribution in [0, 0.1) is 17.0 Å². The van der Waals surface area contributed by atoms with Crippen molar-refractivity contribution in [3.8, 4) is 0 Å². The number of allylic oxidation sites excluding steroid dienone is 1. The molecule has 1 atom stereocenters. The number of esters is 1. The number of hydrogen-bond donors (Lipinski definition) is 0. The SMILES string of the molecule is COC(=O)C1=C(C)N=c2s/c(=C\c3ccc(C)cc3)c(=O)n2C1c1ccccc1[N+](=O)[O-]. The summed E-state index contributed by atoms with van der Waals surface area (Å²) < 4.78 is 6.69. The number of aryl methyl sites for hydroxylation is 1. The van der Waals surface area contributed by atoms with Crippen molar-refractivity contribution in [3.05, 3.63) is 106 Å². The topological polar surface area (TPSA) is 104 Å². The summed E-state index contributed by atoms with van der Waals surface area (Å²) in [4.78, 5) is 42.1. The number of carbonyl (C=O) groups excluding carboxylic acids is 1. The van der Waals surface area contributed by atoms with Gasteiger partial charge in [-0.05, 0) is 31.6 Å². The monoisotopic (exact) mass is 449 g/mol. The van der Waals surface area contributed by atoms with Crippen molar-refractivity contribution in [1.82, 2.24) is 4.57 Å². The number of carbonyl (C=O) groups is 1. The molecule has 0 aliphatic carbocycles. The van der Waals surface area contributed by atoms with Crippen LogP contribution >= 0.6 is 11.3 Å². The Morgan fingerprint density at radius 3 is 2.53 bits per heavy atom. The molecular formula is C23H19N3O5S. The van der Waals surface area contributed by atoms with Gasteiger partial charge < -0.3 is 4.74 Å². The standard InChI is InChI=1S/C23H19N3O5S/c1-13-8-10-15(11-9-13)12-18-21(27)25-20(16-6-4-5-7-17(16)26(29)30)19(22(28)31-3)14(2)24-23(25)32-18/h4-12,20H,1-3H3/b18-12-. The number of aromatic nitrogens is 1. The van der Waals surface area contributed by atoms with E-state index in [1.165, 1.54) is 35.1 Å². The van der Waals surface area contributed by atoms with Gasteiger partial charge in [0.15, 0.2) is 4.80 Å². The molecule has 0 N–H and O–H groups in total. The van der Waals surface area contributed by atoms with E-state index < -0.39 is 16.9 Å². The van der Waals surface area contributed by atoms with E-state index in [4.69, 9.17) is 4.74 Å². The smallest absolute Gasteiger partial charge is 0.338 e. The van der Waals surface area contributed by atoms with Gasteiger partial charge >= 0.3 is 5.97 Å². The predicted molar refractivity (Wildman–Crippen MR) is 120 cm³/mol. The minimum absolute atomic E-state index is 0.0936. The third kappa shape index (κ3) is 3.67. The zero-order valence-electron chi connectivity index (χ0n) is 17.6. The van der Waals surface area contributed by atoms with E-state index in [0.717, 1.165) is 11.1 Å². The molecule has 1 unspecified atom stereocenters. The number of para-hydroxylation sites is 1. The molecule has 9 heteroatoms. The molecule has 162 valence electrons. The van der Waals surface area contributed by atoms with Crippen LogP contribution in [0.5, 0.6) is 0 Å². The number of nitrogens with zero attached hydrogens (tertiary/aromatic N) is 3. The quantitative estimate of drug-likeness (QED) is 0.346. The normalized spacial score (nSPS) is 15.8. The lowest BCUT2D eigenvalue weighted by atomic mass is 9.94. The van der Waals surface area contributed by atoms with E-state index in [1.54, 1.807) is 25.1 Å². The second kappa shape index (κ2) is 8.35. The first-order valence-corrected chi connectivity index (χ1v) is 10.5. The maximum Gasteiger partial charge on any atom is 0.338 e. The van der Waals surface area contributed by atoms with Crippen LogP contribution in [-0.4, -0.2) is 22.6 Å². The highest BCUT2D eigenvalue weighted by Crippen LogP contribution is 2.35. The molecule has 1 aliphatic heterocycles. The molecule has 3 aromatic rings. The summed E-state index contributed by atoms with van der Waals surface area (Å²) in [7, 11) is 1.22. The number of fused-ring (bicyclic) bond motifs is 1. The van der Waals surface area contributed by atoms with E-state index in [9.17, 15) is 19.7 Å². The number of ether oxygens (including phenoxy) is 1. The van der Waals surface area contributed by atoms with Gasteiger partial charge in [0.1, 0.15) is 6.04 Å². The van der Waals surface area contributed by atoms with Crippen molar-refractivity contribution in [3.63, 3.8) is 0 Å². The average Bonchev–Trinajstić information content (AvgIpc) is 3.08. The largest absolute Gasteiger partial charge is 0.466 e. The second-order valence-corrected chi connectivity index (χ2v) is 8.31. The Morgan fingerprint density at radius 2 is 1.88 bits per heavy atom. The molecule has 0 fully saturated rings. The molecule has 1 aromatic heterocycles. The third-order valence-electron chi connectivity index (χ3n) is 5.23. The molecule has 0 bridgehead atoms. The molecule has 0 radical (unpaired) electrons. The lowest BCUT2D eigenvalue weighted by molar-refractivity contribution is -0.385. The van der Waals surface area contributed by atoms with Crippen molar-refractivity contribution < 1.29 is 14.5 Å². The van der Waals surface area contributed by atoms with Crippen LogP contribution in [0.25, 0.3) is 6.08 Å². The van der Waals surface area contributed by atoms with E-state index in [0.29, 0.717) is 15.0 Å². The number of nitro groups is 1. The summed E-state index contributed by atoms with van der Waals surface area (Å²) in [6.07, 6.45) is 1.75. The lowest BCUT2D eigenvalue weighted by Gasteiger charge is -2.24. The summed E-state index contributed by atoms with van der Waals surface area (Å²) >= 11 is 1.17. The molecule has 8 nitrogen and oxygen atoms in total. The van der Waals surface area contributed by atoms with E-state index >= 15 is 0 Å². The summed E-state index contributed by atoms with van der Waals surface area (Å²) in [6, 6.07) is 12.7. The molecule has 1 aliphatic rings. The minimum Gasteiger partial charge on any atom is -0.466 e. The molecule has 0 amide bonds. The highest BCUT2D eigenvalue weighted by Gasteiger charge is 2.36. The first-order valence-electron chi connectivity index (χ1n) is 9.72. The number of hydrogen-bond acceptors (Lipinski definition) is 7. The fourth-order valence-electron chi connectivity index (χ4n) is 3.69. The van der Waals surface area contributed by atoms with Gasteiger partial charge in [0, 0.05) is 6.07 Å². The lowest BCUT2D eigenvalue weighted by Crippen LogP contribution is -2.40. The Balaban J connectivity index is 2.02. The Kier molecular flexibility index (Phi) is 5.58. The molecule has 2 aromatic carbocycles. The number of rotatable bonds is 4. The summed E-state index contributed by atoms with van der Waals surface area (Å²) in [5.74, 6) is -0.692. The molecular weight excluding hydrogens is 430 g/mol. The highest BCUT2D eigenvalue weighted by molar-refractivity contribution is 7.07. The van der Waals surface area contributed by atoms with Crippen LogP contribution in [-0.2, 0) is 9.53 Å². The minimum atomic E-state index is -1.03. The van der Waals surface area contributed by atoms with Crippen LogP contribution in [0.15, 0.2) is 69.6 Å². The highest BCUT2D eigenvalue weighted by atomic mass is 32.1. The number of methoxy groups -OCH3 is 1. The van der Waals surface area contributed by atoms with Crippen LogP contribution in [0.1, 0.15) is 29.7 Å². The van der Waals surface area contributed by atoms with Crippen LogP contribution in [0.3, 0.4) is 0 Å². The van der Waals surface area contributed by atoms with Crippen molar-refractivity contribution in [2.24, 2.45) is 4.99 Å². The zero-order chi connectivity index (χ0) is 23.0. The average molecular weight is 449 g/mol. The Labute approximate surface area is 186 Å². The molecule has 4 rings (SSSR count). The Hall–Kier alpha value is -3.85. The van der Waals surface area contributed by atoms with Gasteiger partial charge in [-0.2, -0.15) is 0 Å². The number of nitro benzene ring substituents is 1. The predicted octanol–water partition coefficient (Wildman–Crippen LogP) is 2.62.